The van der Waals surface area contributed by atoms with E-state index in [1.54, 1.807) is 13.3 Å². The molecule has 0 radical (unpaired) electrons. The van der Waals surface area contributed by atoms with E-state index in [-0.39, 0.29) is 17.8 Å². The van der Waals surface area contributed by atoms with Crippen LogP contribution in [0.25, 0.3) is 22.5 Å². The Hall–Kier alpha value is -2.67. The highest BCUT2D eigenvalue weighted by atomic mass is 35.5. The lowest BCUT2D eigenvalue weighted by molar-refractivity contribution is 0.208. The lowest BCUT2D eigenvalue weighted by Gasteiger charge is -2.23. The Morgan fingerprint density at radius 3 is 2.37 bits per heavy atom. The van der Waals surface area contributed by atoms with E-state index in [1.165, 1.54) is 5.56 Å². The third kappa shape index (κ3) is 6.51. The Balaban J connectivity index is 0.00000342. The maximum Gasteiger partial charge on any atom is 0.232 e. The highest BCUT2D eigenvalue weighted by Gasteiger charge is 2.21. The van der Waals surface area contributed by atoms with Crippen LogP contribution in [0.2, 0.25) is 0 Å². The molecule has 1 fully saturated rings. The van der Waals surface area contributed by atoms with Crippen molar-refractivity contribution in [1.29, 1.82) is 0 Å². The van der Waals surface area contributed by atoms with Gasteiger partial charge in [0, 0.05) is 17.7 Å². The number of aromatic nitrogens is 2. The first-order valence-electron chi connectivity index (χ1n) is 12.1. The molecule has 35 heavy (non-hydrogen) atoms. The van der Waals surface area contributed by atoms with Crippen LogP contribution in [-0.4, -0.2) is 36.8 Å². The third-order valence-electron chi connectivity index (χ3n) is 6.46. The zero-order valence-electron chi connectivity index (χ0n) is 21.1. The Bertz CT molecular complexity index is 1110. The van der Waals surface area contributed by atoms with E-state index in [0.29, 0.717) is 24.9 Å². The molecule has 6 nitrogen and oxygen atoms in total. The molecule has 0 unspecified atom stereocenters. The van der Waals surface area contributed by atoms with E-state index in [1.807, 2.05) is 24.3 Å². The number of methoxy groups -OCH3 is 1. The molecule has 2 aromatic carbocycles. The van der Waals surface area contributed by atoms with Gasteiger partial charge in [-0.05, 0) is 60.5 Å². The lowest BCUT2D eigenvalue weighted by atomic mass is 9.86. The van der Waals surface area contributed by atoms with Crippen molar-refractivity contribution in [2.45, 2.75) is 45.6 Å². The Morgan fingerprint density at radius 2 is 1.74 bits per heavy atom. The molecule has 0 amide bonds. The minimum atomic E-state index is 0. The number of ether oxygens (including phenoxy) is 2. The number of nitrogens with zero attached hydrogens (tertiary/aromatic N) is 2. The van der Waals surface area contributed by atoms with Crippen molar-refractivity contribution >= 4 is 12.4 Å². The second kappa shape index (κ2) is 11.8. The van der Waals surface area contributed by atoms with Gasteiger partial charge in [-0.25, -0.2) is 9.97 Å². The van der Waals surface area contributed by atoms with Crippen LogP contribution >= 0.6 is 12.4 Å². The molecular formula is C28H37ClN4O2. The average Bonchev–Trinajstić information content (AvgIpc) is 2.87. The number of nitrogens with two attached hydrogens (primary N) is 1. The van der Waals surface area contributed by atoms with Crippen molar-refractivity contribution in [3.8, 4) is 34.1 Å². The summed E-state index contributed by atoms with van der Waals surface area (Å²) in [6.45, 7) is 9.83. The molecule has 0 saturated carbocycles. The summed E-state index contributed by atoms with van der Waals surface area (Å²) in [7, 11) is 1.70. The maximum absolute atomic E-state index is 6.13. The van der Waals surface area contributed by atoms with Crippen LogP contribution in [0.3, 0.4) is 0 Å². The quantitative estimate of drug-likeness (QED) is 0.457. The predicted octanol–water partition coefficient (Wildman–Crippen LogP) is 5.38. The average molecular weight is 497 g/mol. The molecular weight excluding hydrogens is 460 g/mol. The van der Waals surface area contributed by atoms with E-state index in [9.17, 15) is 0 Å². The van der Waals surface area contributed by atoms with Crippen molar-refractivity contribution in [3.63, 3.8) is 0 Å². The van der Waals surface area contributed by atoms with E-state index in [0.717, 1.165) is 59.8 Å². The van der Waals surface area contributed by atoms with Crippen molar-refractivity contribution in [2.75, 3.05) is 26.8 Å². The molecule has 1 aromatic heterocycles. The van der Waals surface area contributed by atoms with Gasteiger partial charge in [0.15, 0.2) is 0 Å². The molecule has 1 saturated heterocycles. The normalized spacial score (nSPS) is 14.3. The van der Waals surface area contributed by atoms with Gasteiger partial charge in [-0.15, -0.1) is 12.4 Å². The van der Waals surface area contributed by atoms with Crippen molar-refractivity contribution in [3.05, 3.63) is 59.8 Å². The summed E-state index contributed by atoms with van der Waals surface area (Å²) in [5.74, 6) is 1.85. The van der Waals surface area contributed by atoms with E-state index < -0.39 is 0 Å². The van der Waals surface area contributed by atoms with Crippen LogP contribution in [0, 0.1) is 5.92 Å². The van der Waals surface area contributed by atoms with Gasteiger partial charge in [-0.1, -0.05) is 51.1 Å². The van der Waals surface area contributed by atoms with E-state index >= 15 is 0 Å². The van der Waals surface area contributed by atoms with Crippen LogP contribution in [0.5, 0.6) is 11.6 Å². The summed E-state index contributed by atoms with van der Waals surface area (Å²) in [6.07, 6.45) is 3.97. The summed E-state index contributed by atoms with van der Waals surface area (Å²) in [4.78, 5) is 9.75. The van der Waals surface area contributed by atoms with Gasteiger partial charge >= 0.3 is 0 Å². The van der Waals surface area contributed by atoms with Crippen LogP contribution in [0.1, 0.15) is 44.7 Å². The third-order valence-corrected chi connectivity index (χ3v) is 6.46. The highest BCUT2D eigenvalue weighted by Crippen LogP contribution is 2.38. The zero-order chi connectivity index (χ0) is 24.1. The summed E-state index contributed by atoms with van der Waals surface area (Å²) >= 11 is 0. The first-order chi connectivity index (χ1) is 16.4. The Morgan fingerprint density at radius 1 is 1.03 bits per heavy atom. The second-order valence-electron chi connectivity index (χ2n) is 9.98. The van der Waals surface area contributed by atoms with Crippen molar-refractivity contribution in [2.24, 2.45) is 11.7 Å². The summed E-state index contributed by atoms with van der Waals surface area (Å²) in [5.41, 5.74) is 11.5. The molecule has 4 rings (SSSR count). The van der Waals surface area contributed by atoms with Crippen molar-refractivity contribution in [1.82, 2.24) is 15.3 Å². The molecule has 2 heterocycles. The predicted molar refractivity (Wildman–Crippen MR) is 144 cm³/mol. The van der Waals surface area contributed by atoms with Crippen LogP contribution in [0.15, 0.2) is 48.7 Å². The molecule has 188 valence electrons. The molecule has 7 heteroatoms. The topological polar surface area (TPSA) is 82.3 Å². The summed E-state index contributed by atoms with van der Waals surface area (Å²) < 4.78 is 12.0. The monoisotopic (exact) mass is 496 g/mol. The van der Waals surface area contributed by atoms with E-state index in [4.69, 9.17) is 25.2 Å². The molecule has 1 aliphatic heterocycles. The number of nitrogens with one attached hydrogen (secondary N) is 1. The van der Waals surface area contributed by atoms with E-state index in [2.05, 4.69) is 44.3 Å². The number of piperidine rings is 1. The minimum absolute atomic E-state index is 0. The SMILES string of the molecule is COc1cc(C(C)(C)C)ccc1-c1nc(OCC2CCNCC2)cnc1-c1ccc(CN)cc1.Cl. The molecule has 3 N–H and O–H groups in total. The summed E-state index contributed by atoms with van der Waals surface area (Å²) in [5, 5.41) is 3.40. The van der Waals surface area contributed by atoms with Crippen molar-refractivity contribution < 1.29 is 9.47 Å². The van der Waals surface area contributed by atoms with Gasteiger partial charge in [0.1, 0.15) is 11.4 Å². The van der Waals surface area contributed by atoms with Gasteiger partial charge < -0.3 is 20.5 Å². The van der Waals surface area contributed by atoms with Gasteiger partial charge in [-0.2, -0.15) is 0 Å². The minimum Gasteiger partial charge on any atom is -0.496 e. The highest BCUT2D eigenvalue weighted by molar-refractivity contribution is 5.85. The van der Waals surface area contributed by atoms with Crippen LogP contribution < -0.4 is 20.5 Å². The number of hydrogen-bond donors (Lipinski definition) is 2. The van der Waals surface area contributed by atoms with Gasteiger partial charge in [0.05, 0.1) is 25.6 Å². The standard InChI is InChI=1S/C28H36N4O2.ClH/c1-28(2,3)22-9-10-23(24(15-22)33-4)27-26(21-7-5-19(16-29)6-8-21)31-17-25(32-27)34-18-20-11-13-30-14-12-20;/h5-10,15,17,20,30H,11-14,16,18,29H2,1-4H3;1H. The molecule has 3 aromatic rings. The molecule has 0 spiro atoms. The number of rotatable bonds is 7. The molecule has 1 aliphatic rings. The second-order valence-corrected chi connectivity index (χ2v) is 9.98. The number of halogens is 1. The van der Waals surface area contributed by atoms with Gasteiger partial charge in [0.25, 0.3) is 0 Å². The first kappa shape index (κ1) is 26.9. The first-order valence-corrected chi connectivity index (χ1v) is 12.1. The largest absolute Gasteiger partial charge is 0.496 e. The zero-order valence-corrected chi connectivity index (χ0v) is 22.0. The molecule has 0 aliphatic carbocycles. The van der Waals surface area contributed by atoms with Crippen LogP contribution in [0.4, 0.5) is 0 Å². The summed E-state index contributed by atoms with van der Waals surface area (Å²) in [6, 6.07) is 14.5. The van der Waals surface area contributed by atoms with Gasteiger partial charge in [0.2, 0.25) is 5.88 Å². The fraction of sp³-hybridized carbons (Fsp3) is 0.429. The Kier molecular flexibility index (Phi) is 9.11. The van der Waals surface area contributed by atoms with Gasteiger partial charge in [-0.3, -0.25) is 0 Å². The number of benzene rings is 2. The van der Waals surface area contributed by atoms with Crippen LogP contribution in [-0.2, 0) is 12.0 Å². The fourth-order valence-electron chi connectivity index (χ4n) is 4.25. The smallest absolute Gasteiger partial charge is 0.232 e. The molecule has 0 atom stereocenters. The molecule has 0 bridgehead atoms. The maximum atomic E-state index is 6.13. The number of hydrogen-bond acceptors (Lipinski definition) is 6. The Labute approximate surface area is 215 Å². The fourth-order valence-corrected chi connectivity index (χ4v) is 4.25. The lowest BCUT2D eigenvalue weighted by Crippen LogP contribution is -2.30.